The van der Waals surface area contributed by atoms with Crippen molar-refractivity contribution < 1.29 is 4.79 Å². The normalized spacial score (nSPS) is 14.4. The van der Waals surface area contributed by atoms with Crippen molar-refractivity contribution in [2.45, 2.75) is 78.4 Å². The lowest BCUT2D eigenvalue weighted by atomic mass is 9.95. The fourth-order valence-electron chi connectivity index (χ4n) is 4.58. The summed E-state index contributed by atoms with van der Waals surface area (Å²) in [5.74, 6) is 0.542. The number of carbonyl (C=O) groups is 1. The third-order valence-corrected chi connectivity index (χ3v) is 6.61. The Balaban J connectivity index is 1.79. The fraction of sp³-hybridized carbons (Fsp3) is 0.500. The molecule has 1 fully saturated rings. The van der Waals surface area contributed by atoms with Crippen molar-refractivity contribution in [3.05, 3.63) is 52.2 Å². The minimum absolute atomic E-state index is 0.113. The maximum Gasteiger partial charge on any atom is 0.239 e. The highest BCUT2D eigenvalue weighted by molar-refractivity contribution is 5.93. The molecule has 0 radical (unpaired) electrons. The van der Waals surface area contributed by atoms with Crippen LogP contribution >= 0.6 is 0 Å². The lowest BCUT2D eigenvalue weighted by molar-refractivity contribution is -0.117. The van der Waals surface area contributed by atoms with Crippen LogP contribution in [0.15, 0.2) is 24.3 Å². The Hall–Kier alpha value is -3.09. The van der Waals surface area contributed by atoms with Crippen LogP contribution in [0.25, 0.3) is 0 Å². The molecule has 0 aliphatic heterocycles. The molecule has 1 amide bonds. The van der Waals surface area contributed by atoms with Crippen molar-refractivity contribution in [2.75, 3.05) is 11.9 Å². The van der Waals surface area contributed by atoms with Gasteiger partial charge in [-0.1, -0.05) is 31.4 Å². The molecule has 0 bridgehead atoms. The van der Waals surface area contributed by atoms with E-state index in [2.05, 4.69) is 40.8 Å². The average molecular weight is 432 g/mol. The summed E-state index contributed by atoms with van der Waals surface area (Å²) in [6.07, 6.45) is 5.78. The first kappa shape index (κ1) is 23.6. The molecule has 168 valence electrons. The molecule has 1 saturated carbocycles. The molecular formula is C26H33N5O. The number of benzene rings is 1. The first-order chi connectivity index (χ1) is 15.3. The molecule has 1 aliphatic carbocycles. The van der Waals surface area contributed by atoms with Crippen LogP contribution in [-0.4, -0.2) is 28.0 Å². The van der Waals surface area contributed by atoms with Crippen molar-refractivity contribution in [1.29, 1.82) is 10.5 Å². The first-order valence-corrected chi connectivity index (χ1v) is 11.5. The van der Waals surface area contributed by atoms with Gasteiger partial charge in [0.25, 0.3) is 0 Å². The molecule has 2 aromatic rings. The van der Waals surface area contributed by atoms with Crippen LogP contribution in [0, 0.1) is 36.5 Å². The van der Waals surface area contributed by atoms with Gasteiger partial charge in [-0.3, -0.25) is 9.69 Å². The third kappa shape index (κ3) is 5.21. The highest BCUT2D eigenvalue weighted by Gasteiger charge is 2.26. The van der Waals surface area contributed by atoms with Crippen LogP contribution in [0.3, 0.4) is 0 Å². The Kier molecular flexibility index (Phi) is 7.72. The summed E-state index contributed by atoms with van der Waals surface area (Å²) in [5.41, 5.74) is 4.28. The Morgan fingerprint density at radius 3 is 2.34 bits per heavy atom. The minimum Gasteiger partial charge on any atom is -0.327 e. The molecule has 0 spiro atoms. The summed E-state index contributed by atoms with van der Waals surface area (Å²) in [6, 6.07) is 12.4. The maximum atomic E-state index is 13.1. The van der Waals surface area contributed by atoms with Crippen LogP contribution in [0.4, 0.5) is 5.82 Å². The summed E-state index contributed by atoms with van der Waals surface area (Å²) in [5, 5.41) is 21.9. The fourth-order valence-corrected chi connectivity index (χ4v) is 4.58. The van der Waals surface area contributed by atoms with Crippen LogP contribution in [0.1, 0.15) is 79.9 Å². The Labute approximate surface area is 191 Å². The second kappa shape index (κ2) is 10.5. The lowest BCUT2D eigenvalue weighted by Crippen LogP contribution is -2.38. The van der Waals surface area contributed by atoms with Gasteiger partial charge in [0.15, 0.2) is 0 Å². The van der Waals surface area contributed by atoms with Gasteiger partial charge in [-0.25, -0.2) is 0 Å². The average Bonchev–Trinajstić information content (AvgIpc) is 3.03. The highest BCUT2D eigenvalue weighted by Crippen LogP contribution is 2.36. The van der Waals surface area contributed by atoms with Crippen LogP contribution in [0.5, 0.6) is 0 Å². The Morgan fingerprint density at radius 1 is 1.12 bits per heavy atom. The van der Waals surface area contributed by atoms with Crippen molar-refractivity contribution >= 4 is 11.7 Å². The number of hydrogen-bond acceptors (Lipinski definition) is 4. The highest BCUT2D eigenvalue weighted by atomic mass is 16.2. The molecule has 1 heterocycles. The Morgan fingerprint density at radius 2 is 1.78 bits per heavy atom. The van der Waals surface area contributed by atoms with Gasteiger partial charge < -0.3 is 9.88 Å². The monoisotopic (exact) mass is 431 g/mol. The van der Waals surface area contributed by atoms with E-state index in [9.17, 15) is 10.1 Å². The summed E-state index contributed by atoms with van der Waals surface area (Å²) < 4.78 is 2.20. The molecule has 3 rings (SSSR count). The van der Waals surface area contributed by atoms with Gasteiger partial charge in [-0.05, 0) is 63.8 Å². The number of aromatic nitrogens is 1. The number of nitrogens with zero attached hydrogens (tertiary/aromatic N) is 4. The van der Waals surface area contributed by atoms with Crippen molar-refractivity contribution in [3.8, 4) is 12.1 Å². The van der Waals surface area contributed by atoms with Gasteiger partial charge >= 0.3 is 0 Å². The van der Waals surface area contributed by atoms with E-state index in [0.29, 0.717) is 29.5 Å². The van der Waals surface area contributed by atoms with Crippen LogP contribution in [-0.2, 0) is 11.3 Å². The quantitative estimate of drug-likeness (QED) is 0.653. The molecule has 6 heteroatoms. The van der Waals surface area contributed by atoms with E-state index in [1.807, 2.05) is 26.0 Å². The number of carbonyl (C=O) groups excluding carboxylic acids is 1. The molecule has 1 aromatic heterocycles. The number of rotatable bonds is 7. The lowest BCUT2D eigenvalue weighted by Gasteiger charge is -2.28. The smallest absolute Gasteiger partial charge is 0.239 e. The summed E-state index contributed by atoms with van der Waals surface area (Å²) >= 11 is 0. The van der Waals surface area contributed by atoms with Crippen molar-refractivity contribution in [2.24, 2.45) is 0 Å². The van der Waals surface area contributed by atoms with Crippen molar-refractivity contribution in [3.63, 3.8) is 0 Å². The standard InChI is InChI=1S/C26H33N5O/c1-18(2)30(16-22-12-10-21(14-27)11-13-22)17-25(32)29-26-24(15-28)19(3)20(4)31(26)23-8-6-5-7-9-23/h10-13,18,23H,5-9,16-17H2,1-4H3,(H,29,32). The molecule has 0 unspecified atom stereocenters. The van der Waals surface area contributed by atoms with E-state index in [1.54, 1.807) is 12.1 Å². The zero-order valence-electron chi connectivity index (χ0n) is 19.6. The molecule has 0 atom stereocenters. The summed E-state index contributed by atoms with van der Waals surface area (Å²) in [6.45, 7) is 8.99. The number of nitriles is 2. The summed E-state index contributed by atoms with van der Waals surface area (Å²) in [4.78, 5) is 15.2. The van der Waals surface area contributed by atoms with Gasteiger partial charge in [0, 0.05) is 24.3 Å². The molecular weight excluding hydrogens is 398 g/mol. The van der Waals surface area contributed by atoms with Crippen molar-refractivity contribution in [1.82, 2.24) is 9.47 Å². The molecule has 1 aromatic carbocycles. The number of amides is 1. The van der Waals surface area contributed by atoms with E-state index in [-0.39, 0.29) is 18.5 Å². The maximum absolute atomic E-state index is 13.1. The predicted molar refractivity (Wildman–Crippen MR) is 126 cm³/mol. The minimum atomic E-state index is -0.113. The number of nitrogens with one attached hydrogen (secondary N) is 1. The van der Waals surface area contributed by atoms with E-state index >= 15 is 0 Å². The van der Waals surface area contributed by atoms with E-state index < -0.39 is 0 Å². The van der Waals surface area contributed by atoms with Gasteiger partial charge in [-0.2, -0.15) is 10.5 Å². The SMILES string of the molecule is Cc1c(C#N)c(NC(=O)CN(Cc2ccc(C#N)cc2)C(C)C)n(C2CCCCC2)c1C. The predicted octanol–water partition coefficient (Wildman–Crippen LogP) is 5.20. The molecule has 1 aliphatic rings. The summed E-state index contributed by atoms with van der Waals surface area (Å²) in [7, 11) is 0. The topological polar surface area (TPSA) is 84.8 Å². The van der Waals surface area contributed by atoms with Gasteiger partial charge in [-0.15, -0.1) is 0 Å². The molecule has 0 saturated heterocycles. The van der Waals surface area contributed by atoms with Gasteiger partial charge in [0.05, 0.1) is 23.7 Å². The van der Waals surface area contributed by atoms with E-state index in [1.165, 1.54) is 19.3 Å². The van der Waals surface area contributed by atoms with E-state index in [4.69, 9.17) is 5.26 Å². The molecule has 32 heavy (non-hydrogen) atoms. The Bertz CT molecular complexity index is 1030. The van der Waals surface area contributed by atoms with Crippen LogP contribution < -0.4 is 5.32 Å². The third-order valence-electron chi connectivity index (χ3n) is 6.61. The second-order valence-electron chi connectivity index (χ2n) is 9.06. The number of anilines is 1. The largest absolute Gasteiger partial charge is 0.327 e. The van der Waals surface area contributed by atoms with E-state index in [0.717, 1.165) is 29.7 Å². The zero-order chi connectivity index (χ0) is 23.3. The zero-order valence-corrected chi connectivity index (χ0v) is 19.6. The molecule has 1 N–H and O–H groups in total. The first-order valence-electron chi connectivity index (χ1n) is 11.5. The molecule has 6 nitrogen and oxygen atoms in total. The van der Waals surface area contributed by atoms with Gasteiger partial charge in [0.2, 0.25) is 5.91 Å². The second-order valence-corrected chi connectivity index (χ2v) is 9.06. The van der Waals surface area contributed by atoms with Gasteiger partial charge in [0.1, 0.15) is 11.9 Å². The van der Waals surface area contributed by atoms with Crippen LogP contribution in [0.2, 0.25) is 0 Å². The number of hydrogen-bond donors (Lipinski definition) is 1.